The average molecular weight is 398 g/mol. The van der Waals surface area contributed by atoms with Crippen LogP contribution in [0.1, 0.15) is 38.9 Å². The highest BCUT2D eigenvalue weighted by Crippen LogP contribution is 2.39. The number of carbonyl (C=O) groups is 1. The summed E-state index contributed by atoms with van der Waals surface area (Å²) in [6, 6.07) is 15.0. The second-order valence-corrected chi connectivity index (χ2v) is 7.47. The standard InChI is InChI=1S/C24H18N2O4/c1-14-7-8-19-18(10-14)22(28)20-21(16-5-2-6-17(27)11-16)26(24(29)23(20)30-19)13-15-4-3-9-25-12-15/h2-12,21,27H,13H2,1H3. The van der Waals surface area contributed by atoms with Crippen molar-refractivity contribution in [1.29, 1.82) is 0 Å². The van der Waals surface area contributed by atoms with Gasteiger partial charge in [0, 0.05) is 18.9 Å². The summed E-state index contributed by atoms with van der Waals surface area (Å²) in [5, 5.41) is 10.5. The number of phenolic OH excluding ortho intramolecular Hbond substituents is 1. The summed E-state index contributed by atoms with van der Waals surface area (Å²) < 4.78 is 5.93. The molecular weight excluding hydrogens is 380 g/mol. The molecule has 1 amide bonds. The molecule has 0 saturated heterocycles. The summed E-state index contributed by atoms with van der Waals surface area (Å²) in [6.45, 7) is 2.16. The van der Waals surface area contributed by atoms with Crippen LogP contribution in [0.15, 0.2) is 76.2 Å². The number of carbonyl (C=O) groups excluding carboxylic acids is 1. The molecule has 0 saturated carbocycles. The first-order valence-corrected chi connectivity index (χ1v) is 9.59. The molecule has 0 fully saturated rings. The summed E-state index contributed by atoms with van der Waals surface area (Å²) >= 11 is 0. The van der Waals surface area contributed by atoms with E-state index < -0.39 is 6.04 Å². The van der Waals surface area contributed by atoms with Crippen molar-refractivity contribution < 1.29 is 14.3 Å². The van der Waals surface area contributed by atoms with E-state index in [1.807, 2.05) is 19.1 Å². The van der Waals surface area contributed by atoms with E-state index in [-0.39, 0.29) is 29.4 Å². The number of benzene rings is 2. The Kier molecular flexibility index (Phi) is 4.13. The Balaban J connectivity index is 1.75. The largest absolute Gasteiger partial charge is 0.508 e. The predicted molar refractivity (Wildman–Crippen MR) is 111 cm³/mol. The monoisotopic (exact) mass is 398 g/mol. The maximum Gasteiger partial charge on any atom is 0.291 e. The summed E-state index contributed by atoms with van der Waals surface area (Å²) in [5.74, 6) is -0.244. The topological polar surface area (TPSA) is 83.6 Å². The molecule has 0 aliphatic carbocycles. The Labute approximate surface area is 172 Å². The van der Waals surface area contributed by atoms with Crippen LogP contribution < -0.4 is 5.43 Å². The Morgan fingerprint density at radius 3 is 2.73 bits per heavy atom. The van der Waals surface area contributed by atoms with Crippen LogP contribution in [-0.4, -0.2) is 20.9 Å². The van der Waals surface area contributed by atoms with Gasteiger partial charge in [-0.2, -0.15) is 0 Å². The van der Waals surface area contributed by atoms with Gasteiger partial charge in [0.05, 0.1) is 17.0 Å². The van der Waals surface area contributed by atoms with E-state index in [9.17, 15) is 14.7 Å². The Morgan fingerprint density at radius 1 is 1.10 bits per heavy atom. The molecule has 6 heteroatoms. The van der Waals surface area contributed by atoms with E-state index in [2.05, 4.69) is 4.98 Å². The van der Waals surface area contributed by atoms with E-state index in [4.69, 9.17) is 4.42 Å². The first-order valence-electron chi connectivity index (χ1n) is 9.59. The van der Waals surface area contributed by atoms with E-state index in [0.717, 1.165) is 11.1 Å². The first-order chi connectivity index (χ1) is 14.5. The molecule has 0 bridgehead atoms. The third kappa shape index (κ3) is 2.85. The van der Waals surface area contributed by atoms with Gasteiger partial charge in [0.1, 0.15) is 11.3 Å². The number of fused-ring (bicyclic) bond motifs is 2. The lowest BCUT2D eigenvalue weighted by Crippen LogP contribution is -2.29. The molecule has 30 heavy (non-hydrogen) atoms. The fourth-order valence-corrected chi connectivity index (χ4v) is 4.03. The molecule has 2 aromatic heterocycles. The van der Waals surface area contributed by atoms with Crippen LogP contribution in [0.25, 0.3) is 11.0 Å². The highest BCUT2D eigenvalue weighted by molar-refractivity contribution is 5.99. The van der Waals surface area contributed by atoms with Crippen molar-refractivity contribution in [2.45, 2.75) is 19.5 Å². The lowest BCUT2D eigenvalue weighted by molar-refractivity contribution is 0.0714. The van der Waals surface area contributed by atoms with Gasteiger partial charge in [-0.3, -0.25) is 14.6 Å². The zero-order valence-electron chi connectivity index (χ0n) is 16.2. The maximum atomic E-state index is 13.5. The van der Waals surface area contributed by atoms with Crippen LogP contribution in [0.3, 0.4) is 0 Å². The highest BCUT2D eigenvalue weighted by atomic mass is 16.3. The zero-order chi connectivity index (χ0) is 20.8. The number of amides is 1. The molecule has 2 aromatic carbocycles. The van der Waals surface area contributed by atoms with Gasteiger partial charge in [0.2, 0.25) is 5.76 Å². The molecule has 1 N–H and O–H groups in total. The third-order valence-electron chi connectivity index (χ3n) is 5.38. The van der Waals surface area contributed by atoms with Gasteiger partial charge in [0.25, 0.3) is 5.91 Å². The lowest BCUT2D eigenvalue weighted by atomic mass is 9.98. The van der Waals surface area contributed by atoms with Crippen molar-refractivity contribution in [3.05, 3.63) is 105 Å². The van der Waals surface area contributed by atoms with E-state index in [1.54, 1.807) is 59.8 Å². The quantitative estimate of drug-likeness (QED) is 0.565. The van der Waals surface area contributed by atoms with E-state index in [1.165, 1.54) is 0 Å². The fourth-order valence-electron chi connectivity index (χ4n) is 4.03. The van der Waals surface area contributed by atoms with Crippen LogP contribution in [-0.2, 0) is 6.54 Å². The van der Waals surface area contributed by atoms with Gasteiger partial charge in [0.15, 0.2) is 5.43 Å². The van der Waals surface area contributed by atoms with E-state index in [0.29, 0.717) is 22.1 Å². The molecule has 1 aliphatic heterocycles. The van der Waals surface area contributed by atoms with Crippen LogP contribution in [0, 0.1) is 6.92 Å². The number of hydrogen-bond donors (Lipinski definition) is 1. The molecule has 0 radical (unpaired) electrons. The molecule has 148 valence electrons. The highest BCUT2D eigenvalue weighted by Gasteiger charge is 2.42. The van der Waals surface area contributed by atoms with Crippen LogP contribution in [0.5, 0.6) is 5.75 Å². The number of aromatic nitrogens is 1. The summed E-state index contributed by atoms with van der Waals surface area (Å²) in [7, 11) is 0. The summed E-state index contributed by atoms with van der Waals surface area (Å²) in [5.41, 5.74) is 2.86. The minimum absolute atomic E-state index is 0.0496. The summed E-state index contributed by atoms with van der Waals surface area (Å²) in [6.07, 6.45) is 3.35. The van der Waals surface area contributed by atoms with Crippen molar-refractivity contribution >= 4 is 16.9 Å². The van der Waals surface area contributed by atoms with Crippen molar-refractivity contribution in [1.82, 2.24) is 9.88 Å². The molecule has 5 rings (SSSR count). The van der Waals surface area contributed by atoms with Crippen LogP contribution in [0.4, 0.5) is 0 Å². The zero-order valence-corrected chi connectivity index (χ0v) is 16.2. The van der Waals surface area contributed by atoms with Crippen LogP contribution in [0.2, 0.25) is 0 Å². The molecule has 0 spiro atoms. The Hall–Kier alpha value is -3.93. The Bertz CT molecular complexity index is 1340. The molecule has 1 unspecified atom stereocenters. The molecule has 3 heterocycles. The number of aryl methyl sites for hydroxylation is 1. The van der Waals surface area contributed by atoms with Gasteiger partial charge in [-0.15, -0.1) is 0 Å². The van der Waals surface area contributed by atoms with Gasteiger partial charge in [-0.05, 0) is 48.4 Å². The van der Waals surface area contributed by atoms with Crippen molar-refractivity contribution in [2.75, 3.05) is 0 Å². The second-order valence-electron chi connectivity index (χ2n) is 7.47. The second kappa shape index (κ2) is 6.84. The minimum atomic E-state index is -0.666. The maximum absolute atomic E-state index is 13.5. The number of pyridine rings is 1. The first kappa shape index (κ1) is 18.1. The average Bonchev–Trinajstić information content (AvgIpc) is 3.02. The van der Waals surface area contributed by atoms with Gasteiger partial charge in [-0.1, -0.05) is 29.8 Å². The van der Waals surface area contributed by atoms with Gasteiger partial charge < -0.3 is 14.4 Å². The van der Waals surface area contributed by atoms with Crippen LogP contribution >= 0.6 is 0 Å². The minimum Gasteiger partial charge on any atom is -0.508 e. The molecule has 1 atom stereocenters. The number of phenols is 1. The summed E-state index contributed by atoms with van der Waals surface area (Å²) in [4.78, 5) is 32.5. The normalized spacial score (nSPS) is 15.6. The van der Waals surface area contributed by atoms with Crippen molar-refractivity contribution in [3.63, 3.8) is 0 Å². The van der Waals surface area contributed by atoms with Crippen molar-refractivity contribution in [2.24, 2.45) is 0 Å². The van der Waals surface area contributed by atoms with Gasteiger partial charge in [-0.25, -0.2) is 0 Å². The molecule has 6 nitrogen and oxygen atoms in total. The molecule has 1 aliphatic rings. The SMILES string of the molecule is Cc1ccc2oc3c(c(=O)c2c1)C(c1cccc(O)c1)N(Cc1cccnc1)C3=O. The number of hydrogen-bond acceptors (Lipinski definition) is 5. The van der Waals surface area contributed by atoms with Crippen molar-refractivity contribution in [3.8, 4) is 5.75 Å². The number of aromatic hydroxyl groups is 1. The molecule has 4 aromatic rings. The van der Waals surface area contributed by atoms with Gasteiger partial charge >= 0.3 is 0 Å². The lowest BCUT2D eigenvalue weighted by Gasteiger charge is -2.25. The van der Waals surface area contributed by atoms with E-state index >= 15 is 0 Å². The Morgan fingerprint density at radius 2 is 1.97 bits per heavy atom. The predicted octanol–water partition coefficient (Wildman–Crippen LogP) is 3.95. The number of rotatable bonds is 3. The molecular formula is C24H18N2O4. The smallest absolute Gasteiger partial charge is 0.291 e. The third-order valence-corrected chi connectivity index (χ3v) is 5.38. The fraction of sp³-hybridized carbons (Fsp3) is 0.125. The number of nitrogens with zero attached hydrogens (tertiary/aromatic N) is 2.